The number of anilines is 1. The van der Waals surface area contributed by atoms with Crippen LogP contribution in [0.2, 0.25) is 0 Å². The molecule has 0 unspecified atom stereocenters. The molecule has 9 heteroatoms. The van der Waals surface area contributed by atoms with E-state index in [-0.39, 0.29) is 6.10 Å². The number of imidazole rings is 1. The first-order valence-electron chi connectivity index (χ1n) is 11.9. The van der Waals surface area contributed by atoms with Crippen LogP contribution in [-0.4, -0.2) is 65.4 Å². The number of benzene rings is 1. The number of ether oxygens (including phenoxy) is 2. The van der Waals surface area contributed by atoms with Crippen molar-refractivity contribution in [2.45, 2.75) is 51.4 Å². The van der Waals surface area contributed by atoms with Gasteiger partial charge in [0.25, 0.3) is 0 Å². The van der Waals surface area contributed by atoms with Crippen LogP contribution in [0.5, 0.6) is 5.75 Å². The van der Waals surface area contributed by atoms with Crippen molar-refractivity contribution < 1.29 is 14.3 Å². The standard InChI is InChI=1S/C25H32N6O3/c1-15-4-5-16(2)31(15)22-7-6-17(12-28-22)25-29-20-10-18(24(26)32)11-21(33-3)23(20)30(25)14-19-13-27-8-9-34-19/h6-7,10-12,15-16,19,27H,4-5,8-9,13-14H2,1-3H3,(H2,26,32)/t15-,16-,19-/m0/s1. The summed E-state index contributed by atoms with van der Waals surface area (Å²) < 4.78 is 13.8. The number of nitrogens with two attached hydrogens (primary N) is 1. The van der Waals surface area contributed by atoms with E-state index in [0.29, 0.717) is 42.1 Å². The van der Waals surface area contributed by atoms with Gasteiger partial charge in [-0.2, -0.15) is 0 Å². The molecule has 1 amide bonds. The maximum absolute atomic E-state index is 11.9. The molecule has 1 aromatic carbocycles. The fraction of sp³-hybridized carbons (Fsp3) is 0.480. The van der Waals surface area contributed by atoms with Gasteiger partial charge in [0, 0.05) is 42.5 Å². The monoisotopic (exact) mass is 464 g/mol. The minimum atomic E-state index is -0.518. The van der Waals surface area contributed by atoms with Crippen molar-refractivity contribution in [3.8, 4) is 17.1 Å². The molecule has 0 aliphatic carbocycles. The Kier molecular flexibility index (Phi) is 6.14. The lowest BCUT2D eigenvalue weighted by atomic mass is 10.1. The zero-order valence-electron chi connectivity index (χ0n) is 20.0. The fourth-order valence-corrected chi connectivity index (χ4v) is 5.18. The lowest BCUT2D eigenvalue weighted by molar-refractivity contribution is 0.0191. The van der Waals surface area contributed by atoms with Crippen LogP contribution in [0.25, 0.3) is 22.4 Å². The number of carbonyl (C=O) groups is 1. The van der Waals surface area contributed by atoms with Gasteiger partial charge in [0.15, 0.2) is 0 Å². The Morgan fingerprint density at radius 3 is 2.68 bits per heavy atom. The first-order valence-corrected chi connectivity index (χ1v) is 11.9. The molecule has 2 aliphatic rings. The van der Waals surface area contributed by atoms with Crippen LogP contribution in [0.4, 0.5) is 5.82 Å². The third-order valence-corrected chi connectivity index (χ3v) is 6.92. The second kappa shape index (κ2) is 9.23. The van der Waals surface area contributed by atoms with E-state index in [2.05, 4.69) is 40.8 Å². The predicted octanol–water partition coefficient (Wildman–Crippen LogP) is 2.57. The van der Waals surface area contributed by atoms with Crippen molar-refractivity contribution in [2.75, 3.05) is 31.7 Å². The average Bonchev–Trinajstić information content (AvgIpc) is 3.38. The Hall–Kier alpha value is -3.17. The maximum Gasteiger partial charge on any atom is 0.248 e. The van der Waals surface area contributed by atoms with Crippen LogP contribution < -0.4 is 20.7 Å². The molecule has 0 spiro atoms. The molecule has 0 saturated carbocycles. The quantitative estimate of drug-likeness (QED) is 0.577. The number of fused-ring (bicyclic) bond motifs is 1. The Bertz CT molecular complexity index is 1180. The largest absolute Gasteiger partial charge is 0.494 e. The van der Waals surface area contributed by atoms with Crippen LogP contribution in [0.15, 0.2) is 30.5 Å². The summed E-state index contributed by atoms with van der Waals surface area (Å²) in [6.45, 7) is 7.35. The summed E-state index contributed by atoms with van der Waals surface area (Å²) in [5, 5.41) is 3.39. The van der Waals surface area contributed by atoms with Gasteiger partial charge in [-0.15, -0.1) is 0 Å². The zero-order valence-corrected chi connectivity index (χ0v) is 20.0. The van der Waals surface area contributed by atoms with Gasteiger partial charge in [-0.25, -0.2) is 9.97 Å². The Balaban J connectivity index is 1.60. The van der Waals surface area contributed by atoms with Crippen LogP contribution in [0, 0.1) is 0 Å². The number of aromatic nitrogens is 3. The number of nitrogens with one attached hydrogen (secondary N) is 1. The molecular formula is C25H32N6O3. The molecule has 180 valence electrons. The number of hydrogen-bond donors (Lipinski definition) is 2. The van der Waals surface area contributed by atoms with E-state index in [0.717, 1.165) is 35.8 Å². The third kappa shape index (κ3) is 4.10. The molecule has 0 bridgehead atoms. The molecule has 3 N–H and O–H groups in total. The fourth-order valence-electron chi connectivity index (χ4n) is 5.18. The van der Waals surface area contributed by atoms with Crippen molar-refractivity contribution in [3.63, 3.8) is 0 Å². The van der Waals surface area contributed by atoms with Gasteiger partial charge in [-0.1, -0.05) is 0 Å². The zero-order chi connectivity index (χ0) is 23.8. The van der Waals surface area contributed by atoms with E-state index in [1.165, 1.54) is 12.8 Å². The number of morpholine rings is 1. The lowest BCUT2D eigenvalue weighted by Gasteiger charge is -2.27. The van der Waals surface area contributed by atoms with Crippen LogP contribution >= 0.6 is 0 Å². The van der Waals surface area contributed by atoms with Crippen LogP contribution in [-0.2, 0) is 11.3 Å². The molecule has 2 aliphatic heterocycles. The molecule has 3 aromatic rings. The Morgan fingerprint density at radius 2 is 2.06 bits per heavy atom. The van der Waals surface area contributed by atoms with Crippen molar-refractivity contribution in [1.82, 2.24) is 19.9 Å². The molecule has 2 aromatic heterocycles. The van der Waals surface area contributed by atoms with Crippen LogP contribution in [0.3, 0.4) is 0 Å². The first-order chi connectivity index (χ1) is 16.5. The SMILES string of the molecule is COc1cc(C(N)=O)cc2nc(-c3ccc(N4[C@@H](C)CC[C@@H]4C)nc3)n(C[C@@H]3CNCCO3)c12. The van der Waals surface area contributed by atoms with Gasteiger partial charge in [0.2, 0.25) is 5.91 Å². The Morgan fingerprint density at radius 1 is 1.26 bits per heavy atom. The molecule has 2 fully saturated rings. The van der Waals surface area contributed by atoms with E-state index in [1.807, 2.05) is 6.20 Å². The topological polar surface area (TPSA) is 108 Å². The normalized spacial score (nSPS) is 22.9. The first kappa shape index (κ1) is 22.6. The van der Waals surface area contributed by atoms with E-state index in [4.69, 9.17) is 25.2 Å². The molecule has 4 heterocycles. The molecule has 34 heavy (non-hydrogen) atoms. The van der Waals surface area contributed by atoms with E-state index < -0.39 is 5.91 Å². The number of nitrogens with zero attached hydrogens (tertiary/aromatic N) is 4. The summed E-state index contributed by atoms with van der Waals surface area (Å²) in [6.07, 6.45) is 4.23. The number of hydrogen-bond acceptors (Lipinski definition) is 7. The van der Waals surface area contributed by atoms with Crippen molar-refractivity contribution >= 4 is 22.8 Å². The molecule has 9 nitrogen and oxygen atoms in total. The highest BCUT2D eigenvalue weighted by molar-refractivity contribution is 5.99. The van der Waals surface area contributed by atoms with Gasteiger partial charge in [0.1, 0.15) is 22.9 Å². The summed E-state index contributed by atoms with van der Waals surface area (Å²) in [5.74, 6) is 1.78. The van der Waals surface area contributed by atoms with Crippen molar-refractivity contribution in [1.29, 1.82) is 0 Å². The van der Waals surface area contributed by atoms with E-state index in [9.17, 15) is 4.79 Å². The molecular weight excluding hydrogens is 432 g/mol. The van der Waals surface area contributed by atoms with Gasteiger partial charge in [0.05, 0.1) is 31.9 Å². The summed E-state index contributed by atoms with van der Waals surface area (Å²) in [7, 11) is 1.59. The average molecular weight is 465 g/mol. The molecule has 5 rings (SSSR count). The Labute approximate surface area is 199 Å². The van der Waals surface area contributed by atoms with Crippen LogP contribution in [0.1, 0.15) is 37.0 Å². The number of rotatable bonds is 6. The van der Waals surface area contributed by atoms with E-state index in [1.54, 1.807) is 19.2 Å². The summed E-state index contributed by atoms with van der Waals surface area (Å²) >= 11 is 0. The summed E-state index contributed by atoms with van der Waals surface area (Å²) in [5.41, 5.74) is 8.28. The molecule has 0 radical (unpaired) electrons. The van der Waals surface area contributed by atoms with Crippen molar-refractivity contribution in [2.24, 2.45) is 5.73 Å². The van der Waals surface area contributed by atoms with Gasteiger partial charge >= 0.3 is 0 Å². The highest BCUT2D eigenvalue weighted by atomic mass is 16.5. The highest BCUT2D eigenvalue weighted by Gasteiger charge is 2.28. The second-order valence-corrected chi connectivity index (χ2v) is 9.24. The predicted molar refractivity (Wildman–Crippen MR) is 131 cm³/mol. The summed E-state index contributed by atoms with van der Waals surface area (Å²) in [4.78, 5) is 24.0. The second-order valence-electron chi connectivity index (χ2n) is 9.24. The lowest BCUT2D eigenvalue weighted by Crippen LogP contribution is -2.40. The molecule has 2 saturated heterocycles. The number of primary amides is 1. The number of pyridine rings is 1. The number of carbonyl (C=O) groups excluding carboxylic acids is 1. The maximum atomic E-state index is 11.9. The highest BCUT2D eigenvalue weighted by Crippen LogP contribution is 2.34. The molecule has 3 atom stereocenters. The van der Waals surface area contributed by atoms with Gasteiger partial charge in [-0.3, -0.25) is 4.79 Å². The smallest absolute Gasteiger partial charge is 0.248 e. The summed E-state index contributed by atoms with van der Waals surface area (Å²) in [6, 6.07) is 8.48. The van der Waals surface area contributed by atoms with E-state index >= 15 is 0 Å². The van der Waals surface area contributed by atoms with Gasteiger partial charge < -0.3 is 30.0 Å². The third-order valence-electron chi connectivity index (χ3n) is 6.92. The number of amides is 1. The minimum Gasteiger partial charge on any atom is -0.494 e. The minimum absolute atomic E-state index is 0.0102. The van der Waals surface area contributed by atoms with Crippen molar-refractivity contribution in [3.05, 3.63) is 36.0 Å². The van der Waals surface area contributed by atoms with Gasteiger partial charge in [-0.05, 0) is 51.0 Å². The number of methoxy groups -OCH3 is 1.